The van der Waals surface area contributed by atoms with E-state index >= 15 is 0 Å². The second-order valence-corrected chi connectivity index (χ2v) is 5.75. The maximum Gasteiger partial charge on any atom is 0.266 e. The van der Waals surface area contributed by atoms with Crippen molar-refractivity contribution in [3.63, 3.8) is 0 Å². The SMILES string of the molecule is C=CCN1C(=O)C(=Cc2cccc(Cl)c2)SC1=S. The van der Waals surface area contributed by atoms with E-state index in [-0.39, 0.29) is 5.91 Å². The lowest BCUT2D eigenvalue weighted by Gasteiger charge is -2.10. The number of halogens is 1. The first-order valence-electron chi connectivity index (χ1n) is 5.23. The largest absolute Gasteiger partial charge is 0.289 e. The standard InChI is InChI=1S/C13H10ClNOS2/c1-2-6-15-12(16)11(18-13(15)17)8-9-4-3-5-10(14)7-9/h2-5,7-8H,1,6H2. The molecule has 1 saturated heterocycles. The zero-order valence-electron chi connectivity index (χ0n) is 9.43. The minimum Gasteiger partial charge on any atom is -0.289 e. The average Bonchev–Trinajstić information content (AvgIpc) is 2.57. The van der Waals surface area contributed by atoms with Gasteiger partial charge in [-0.25, -0.2) is 0 Å². The van der Waals surface area contributed by atoms with E-state index < -0.39 is 0 Å². The van der Waals surface area contributed by atoms with Gasteiger partial charge in [0, 0.05) is 11.6 Å². The zero-order valence-corrected chi connectivity index (χ0v) is 11.8. The molecule has 92 valence electrons. The molecule has 0 radical (unpaired) electrons. The Kier molecular flexibility index (Phi) is 4.22. The van der Waals surface area contributed by atoms with E-state index in [2.05, 4.69) is 6.58 Å². The van der Waals surface area contributed by atoms with Crippen LogP contribution in [0.25, 0.3) is 6.08 Å². The number of thioether (sulfide) groups is 1. The van der Waals surface area contributed by atoms with Gasteiger partial charge >= 0.3 is 0 Å². The summed E-state index contributed by atoms with van der Waals surface area (Å²) in [7, 11) is 0. The van der Waals surface area contributed by atoms with Gasteiger partial charge in [0.2, 0.25) is 0 Å². The third-order valence-corrected chi connectivity index (χ3v) is 3.94. The molecular formula is C13H10ClNOS2. The quantitative estimate of drug-likeness (QED) is 0.481. The molecule has 0 bridgehead atoms. The van der Waals surface area contributed by atoms with Crippen molar-refractivity contribution in [3.05, 3.63) is 52.4 Å². The second kappa shape index (κ2) is 5.69. The van der Waals surface area contributed by atoms with Gasteiger partial charge in [0.15, 0.2) is 0 Å². The van der Waals surface area contributed by atoms with Crippen LogP contribution in [0, 0.1) is 0 Å². The Balaban J connectivity index is 2.27. The van der Waals surface area contributed by atoms with E-state index in [1.54, 1.807) is 18.2 Å². The molecule has 0 aromatic heterocycles. The lowest BCUT2D eigenvalue weighted by atomic mass is 10.2. The summed E-state index contributed by atoms with van der Waals surface area (Å²) < 4.78 is 0.563. The molecule has 5 heteroatoms. The van der Waals surface area contributed by atoms with Crippen LogP contribution in [0.2, 0.25) is 5.02 Å². The van der Waals surface area contributed by atoms with E-state index in [0.717, 1.165) is 5.56 Å². The smallest absolute Gasteiger partial charge is 0.266 e. The molecule has 0 unspecified atom stereocenters. The predicted molar refractivity (Wildman–Crippen MR) is 81.5 cm³/mol. The fourth-order valence-corrected chi connectivity index (χ4v) is 3.01. The molecule has 1 aromatic rings. The van der Waals surface area contributed by atoms with Gasteiger partial charge in [0.05, 0.1) is 4.91 Å². The van der Waals surface area contributed by atoms with Crippen LogP contribution >= 0.6 is 35.6 Å². The Morgan fingerprint density at radius 1 is 1.50 bits per heavy atom. The van der Waals surface area contributed by atoms with Crippen LogP contribution in [0.15, 0.2) is 41.8 Å². The van der Waals surface area contributed by atoms with Crippen molar-refractivity contribution in [2.75, 3.05) is 6.54 Å². The van der Waals surface area contributed by atoms with Crippen molar-refractivity contribution >= 4 is 51.9 Å². The minimum atomic E-state index is -0.0788. The van der Waals surface area contributed by atoms with Crippen molar-refractivity contribution in [2.24, 2.45) is 0 Å². The molecule has 0 N–H and O–H groups in total. The first-order valence-corrected chi connectivity index (χ1v) is 6.84. The highest BCUT2D eigenvalue weighted by atomic mass is 35.5. The summed E-state index contributed by atoms with van der Waals surface area (Å²) in [5.41, 5.74) is 0.890. The van der Waals surface area contributed by atoms with E-state index in [9.17, 15) is 4.79 Å². The third-order valence-electron chi connectivity index (χ3n) is 2.33. The van der Waals surface area contributed by atoms with Crippen molar-refractivity contribution in [1.29, 1.82) is 0 Å². The summed E-state index contributed by atoms with van der Waals surface area (Å²) in [5.74, 6) is -0.0788. The fourth-order valence-electron chi connectivity index (χ4n) is 1.53. The molecule has 1 heterocycles. The molecule has 18 heavy (non-hydrogen) atoms. The number of rotatable bonds is 3. The molecule has 0 spiro atoms. The highest BCUT2D eigenvalue weighted by Gasteiger charge is 2.30. The number of nitrogens with zero attached hydrogens (tertiary/aromatic N) is 1. The molecule has 1 aliphatic heterocycles. The van der Waals surface area contributed by atoms with Gasteiger partial charge in [-0.3, -0.25) is 9.69 Å². The average molecular weight is 296 g/mol. The first-order chi connectivity index (χ1) is 8.61. The van der Waals surface area contributed by atoms with E-state index in [0.29, 0.717) is 20.8 Å². The number of benzene rings is 1. The highest BCUT2D eigenvalue weighted by molar-refractivity contribution is 8.26. The highest BCUT2D eigenvalue weighted by Crippen LogP contribution is 2.32. The summed E-state index contributed by atoms with van der Waals surface area (Å²) in [5, 5.41) is 0.644. The van der Waals surface area contributed by atoms with Gasteiger partial charge in [-0.15, -0.1) is 6.58 Å². The zero-order chi connectivity index (χ0) is 13.1. The fraction of sp³-hybridized carbons (Fsp3) is 0.0769. The van der Waals surface area contributed by atoms with Crippen LogP contribution in [0.4, 0.5) is 0 Å². The molecule has 0 atom stereocenters. The Hall–Kier alpha value is -1.10. The Morgan fingerprint density at radius 3 is 2.94 bits per heavy atom. The number of carbonyl (C=O) groups excluding carboxylic acids is 1. The number of carbonyl (C=O) groups is 1. The van der Waals surface area contributed by atoms with Gasteiger partial charge in [-0.1, -0.05) is 53.8 Å². The predicted octanol–water partition coefficient (Wildman–Crippen LogP) is 3.73. The summed E-state index contributed by atoms with van der Waals surface area (Å²) in [6.07, 6.45) is 3.46. The normalized spacial score (nSPS) is 17.6. The molecule has 2 rings (SSSR count). The van der Waals surface area contributed by atoms with Crippen LogP contribution in [0.3, 0.4) is 0 Å². The van der Waals surface area contributed by atoms with Crippen LogP contribution in [0.1, 0.15) is 5.56 Å². The van der Waals surface area contributed by atoms with Crippen molar-refractivity contribution in [3.8, 4) is 0 Å². The van der Waals surface area contributed by atoms with Crippen molar-refractivity contribution in [1.82, 2.24) is 4.90 Å². The van der Waals surface area contributed by atoms with E-state index in [1.165, 1.54) is 16.7 Å². The number of thiocarbonyl (C=S) groups is 1. The number of amides is 1. The van der Waals surface area contributed by atoms with Crippen LogP contribution in [-0.4, -0.2) is 21.7 Å². The Bertz CT molecular complexity index is 554. The molecule has 1 aromatic carbocycles. The molecule has 1 amide bonds. The third kappa shape index (κ3) is 2.83. The molecule has 0 saturated carbocycles. The maximum atomic E-state index is 12.1. The summed E-state index contributed by atoms with van der Waals surface area (Å²) in [4.78, 5) is 14.2. The van der Waals surface area contributed by atoms with Crippen molar-refractivity contribution < 1.29 is 4.79 Å². The second-order valence-electron chi connectivity index (χ2n) is 3.64. The Morgan fingerprint density at radius 2 is 2.28 bits per heavy atom. The van der Waals surface area contributed by atoms with Crippen LogP contribution in [-0.2, 0) is 4.79 Å². The van der Waals surface area contributed by atoms with Gasteiger partial charge < -0.3 is 0 Å². The molecule has 0 aliphatic carbocycles. The minimum absolute atomic E-state index is 0.0788. The lowest BCUT2D eigenvalue weighted by molar-refractivity contribution is -0.121. The van der Waals surface area contributed by atoms with Crippen molar-refractivity contribution in [2.45, 2.75) is 0 Å². The van der Waals surface area contributed by atoms with E-state index in [4.69, 9.17) is 23.8 Å². The lowest BCUT2D eigenvalue weighted by Crippen LogP contribution is -2.27. The number of hydrogen-bond donors (Lipinski definition) is 0. The maximum absolute atomic E-state index is 12.1. The molecular weight excluding hydrogens is 286 g/mol. The summed E-state index contributed by atoms with van der Waals surface area (Å²) in [6, 6.07) is 7.34. The van der Waals surface area contributed by atoms with Gasteiger partial charge in [0.1, 0.15) is 4.32 Å². The summed E-state index contributed by atoms with van der Waals surface area (Å²) in [6.45, 7) is 4.06. The van der Waals surface area contributed by atoms with Crippen LogP contribution < -0.4 is 0 Å². The molecule has 2 nitrogen and oxygen atoms in total. The monoisotopic (exact) mass is 295 g/mol. The van der Waals surface area contributed by atoms with Gasteiger partial charge in [-0.05, 0) is 23.8 Å². The first kappa shape index (κ1) is 13.3. The Labute approximate surface area is 120 Å². The summed E-state index contributed by atoms with van der Waals surface area (Å²) >= 11 is 12.4. The van der Waals surface area contributed by atoms with Gasteiger partial charge in [-0.2, -0.15) is 0 Å². The number of hydrogen-bond acceptors (Lipinski definition) is 3. The molecule has 1 fully saturated rings. The topological polar surface area (TPSA) is 20.3 Å². The van der Waals surface area contributed by atoms with Gasteiger partial charge in [0.25, 0.3) is 5.91 Å². The molecule has 1 aliphatic rings. The van der Waals surface area contributed by atoms with Crippen LogP contribution in [0.5, 0.6) is 0 Å². The van der Waals surface area contributed by atoms with E-state index in [1.807, 2.05) is 18.2 Å².